The molecule has 0 heterocycles. The first-order chi connectivity index (χ1) is 11.7. The molecule has 1 radical (unpaired) electrons. The summed E-state index contributed by atoms with van der Waals surface area (Å²) < 4.78 is 0. The van der Waals surface area contributed by atoms with Crippen molar-refractivity contribution in [2.24, 2.45) is 41.4 Å². The third kappa shape index (κ3) is 7.80. The predicted octanol–water partition coefficient (Wildman–Crippen LogP) is 7.40. The number of hydrogen-bond acceptors (Lipinski definition) is 0. The molecule has 4 saturated carbocycles. The zero-order chi connectivity index (χ0) is 16.9. The number of rotatable bonds is 3. The van der Waals surface area contributed by atoms with Gasteiger partial charge in [0.15, 0.2) is 0 Å². The van der Waals surface area contributed by atoms with Crippen molar-refractivity contribution in [1.29, 1.82) is 0 Å². The van der Waals surface area contributed by atoms with E-state index in [2.05, 4.69) is 35.9 Å². The summed E-state index contributed by atoms with van der Waals surface area (Å²) in [4.78, 5) is 0. The fraction of sp³-hybridized carbons (Fsp3) is 0.875. The zero-order valence-corrected chi connectivity index (χ0v) is 24.8. The van der Waals surface area contributed by atoms with Gasteiger partial charge in [0.1, 0.15) is 0 Å². The van der Waals surface area contributed by atoms with Crippen LogP contribution in [0.1, 0.15) is 84.5 Å². The molecular formula is C24H44PYZr-. The van der Waals surface area contributed by atoms with Gasteiger partial charge in [-0.1, -0.05) is 82.2 Å². The number of fused-ring (bicyclic) bond motifs is 3. The van der Waals surface area contributed by atoms with Crippen LogP contribution in [0.4, 0.5) is 0 Å². The van der Waals surface area contributed by atoms with E-state index in [1.54, 1.807) is 25.7 Å². The van der Waals surface area contributed by atoms with Gasteiger partial charge in [-0.2, -0.15) is 25.2 Å². The number of hydrogen-bond donors (Lipinski definition) is 0. The van der Waals surface area contributed by atoms with Gasteiger partial charge in [0, 0.05) is 32.7 Å². The molecule has 27 heavy (non-hydrogen) atoms. The van der Waals surface area contributed by atoms with Gasteiger partial charge in [-0.3, -0.25) is 0 Å². The maximum Gasteiger partial charge on any atom is 2.00 e. The van der Waals surface area contributed by atoms with Crippen molar-refractivity contribution < 1.29 is 58.9 Å². The van der Waals surface area contributed by atoms with Crippen LogP contribution in [0.25, 0.3) is 0 Å². The van der Waals surface area contributed by atoms with Gasteiger partial charge in [0.05, 0.1) is 0 Å². The van der Waals surface area contributed by atoms with E-state index < -0.39 is 0 Å². The Balaban J connectivity index is 0.000000585. The molecule has 0 nitrogen and oxygen atoms in total. The van der Waals surface area contributed by atoms with Crippen LogP contribution >= 0.6 is 9.24 Å². The maximum absolute atomic E-state index is 2.90. The minimum absolute atomic E-state index is 0. The van der Waals surface area contributed by atoms with E-state index in [4.69, 9.17) is 0 Å². The Morgan fingerprint density at radius 2 is 1.22 bits per heavy atom. The molecule has 7 atom stereocenters. The molecule has 0 aliphatic heterocycles. The molecule has 0 N–H and O–H groups in total. The van der Waals surface area contributed by atoms with Gasteiger partial charge in [0.25, 0.3) is 0 Å². The Morgan fingerprint density at radius 1 is 0.815 bits per heavy atom. The first kappa shape index (κ1) is 29.4. The molecule has 3 heteroatoms. The average molecular weight is 544 g/mol. The first-order valence-electron chi connectivity index (χ1n) is 11.1. The molecule has 0 aromatic carbocycles. The molecule has 0 aromatic rings. The molecule has 0 bridgehead atoms. The Bertz CT molecular complexity index is 347. The second-order valence-electron chi connectivity index (χ2n) is 9.33. The third-order valence-corrected chi connectivity index (χ3v) is 8.28. The Hall–Kier alpha value is 2.42. The zero-order valence-electron chi connectivity index (χ0n) is 18.3. The fourth-order valence-electron chi connectivity index (χ4n) is 6.44. The summed E-state index contributed by atoms with van der Waals surface area (Å²) in [5, 5.41) is 0. The summed E-state index contributed by atoms with van der Waals surface area (Å²) in [5.41, 5.74) is 0. The van der Waals surface area contributed by atoms with Gasteiger partial charge in [0.2, 0.25) is 0 Å². The van der Waals surface area contributed by atoms with Crippen molar-refractivity contribution in [2.45, 2.75) is 84.5 Å². The van der Waals surface area contributed by atoms with Crippen molar-refractivity contribution in [1.82, 2.24) is 0 Å². The third-order valence-electron chi connectivity index (χ3n) is 7.94. The summed E-state index contributed by atoms with van der Waals surface area (Å²) in [7, 11) is 2.90. The van der Waals surface area contributed by atoms with Crippen LogP contribution in [0.3, 0.4) is 0 Å². The Labute approximate surface area is 218 Å². The predicted molar refractivity (Wildman–Crippen MR) is 116 cm³/mol. The smallest absolute Gasteiger partial charge is 0.358 e. The van der Waals surface area contributed by atoms with Gasteiger partial charge in [-0.05, 0) is 24.7 Å². The molecule has 0 amide bonds. The summed E-state index contributed by atoms with van der Waals surface area (Å²) >= 11 is 0. The van der Waals surface area contributed by atoms with Gasteiger partial charge in [-0.15, -0.1) is 9.24 Å². The fourth-order valence-corrected chi connectivity index (χ4v) is 6.63. The molecule has 5 unspecified atom stereocenters. The summed E-state index contributed by atoms with van der Waals surface area (Å²) in [5.74, 6) is 7.35. The van der Waals surface area contributed by atoms with Crippen LogP contribution in [0, 0.1) is 61.7 Å². The van der Waals surface area contributed by atoms with Crippen LogP contribution in [-0.4, -0.2) is 6.16 Å². The van der Waals surface area contributed by atoms with Crippen molar-refractivity contribution >= 4 is 9.24 Å². The Morgan fingerprint density at radius 3 is 1.56 bits per heavy atom. The maximum atomic E-state index is 2.90. The molecule has 153 valence electrons. The monoisotopic (exact) mass is 542 g/mol. The Kier molecular flexibility index (Phi) is 16.6. The van der Waals surface area contributed by atoms with Crippen LogP contribution in [0.15, 0.2) is 0 Å². The van der Waals surface area contributed by atoms with E-state index in [1.165, 1.54) is 51.1 Å². The van der Waals surface area contributed by atoms with E-state index in [-0.39, 0.29) is 66.3 Å². The second-order valence-corrected chi connectivity index (χ2v) is 9.91. The summed E-state index contributed by atoms with van der Waals surface area (Å²) in [6.45, 7) is 4.66. The van der Waals surface area contributed by atoms with Crippen molar-refractivity contribution in [3.05, 3.63) is 20.3 Å². The second kappa shape index (κ2) is 15.3. The molecule has 4 fully saturated rings. The minimum Gasteiger partial charge on any atom is -0.358 e. The van der Waals surface area contributed by atoms with Crippen LogP contribution in [-0.2, 0) is 58.9 Å². The molecular weight excluding hydrogens is 499 g/mol. The van der Waals surface area contributed by atoms with Crippen LogP contribution in [0.2, 0.25) is 0 Å². The van der Waals surface area contributed by atoms with Crippen LogP contribution < -0.4 is 0 Å². The molecule has 0 aromatic heterocycles. The minimum atomic E-state index is 0. The quantitative estimate of drug-likeness (QED) is 0.257. The van der Waals surface area contributed by atoms with E-state index in [0.717, 1.165) is 41.4 Å². The van der Waals surface area contributed by atoms with Crippen molar-refractivity contribution in [2.75, 3.05) is 6.16 Å². The van der Waals surface area contributed by atoms with Crippen molar-refractivity contribution in [3.8, 4) is 0 Å². The topological polar surface area (TPSA) is 0 Å². The van der Waals surface area contributed by atoms with E-state index in [1.807, 2.05) is 0 Å². The molecule has 0 saturated heterocycles. The average Bonchev–Trinajstić information content (AvgIpc) is 3.15. The van der Waals surface area contributed by atoms with Crippen molar-refractivity contribution in [3.63, 3.8) is 0 Å². The molecule has 4 aliphatic rings. The standard InChI is InChI=1S/C16H28P.C7H13.CH3.Y.Zr/c17-11-5-10-16-14-8-3-1-6-12(14)13-7-2-4-9-15(13)16;1-6-4-3-5-7(6)2;;;/h10,12-16H,1-9,11,17H2;3,6-7H,4-5H2,1-2H3;1H3;;/q3*-1;;+2/t;6-,7+;;;. The summed E-state index contributed by atoms with van der Waals surface area (Å²) in [6.07, 6.45) is 22.8. The van der Waals surface area contributed by atoms with E-state index in [9.17, 15) is 0 Å². The van der Waals surface area contributed by atoms with Gasteiger partial charge in [-0.25, -0.2) is 0 Å². The van der Waals surface area contributed by atoms with E-state index in [0.29, 0.717) is 0 Å². The van der Waals surface area contributed by atoms with Gasteiger partial charge < -0.3 is 20.3 Å². The normalized spacial score (nSPS) is 39.4. The molecule has 4 aliphatic carbocycles. The molecule has 0 spiro atoms. The van der Waals surface area contributed by atoms with E-state index >= 15 is 0 Å². The molecule has 4 rings (SSSR count). The SMILES string of the molecule is C[C@@H]1C[CH-]C[C@@H]1C.PCC[CH-]C1C2CCCCC2C2CCCCC12.[CH3-].[Y].[Zr+2]. The first-order valence-corrected chi connectivity index (χ1v) is 11.9. The summed E-state index contributed by atoms with van der Waals surface area (Å²) in [6, 6.07) is 0. The van der Waals surface area contributed by atoms with Gasteiger partial charge >= 0.3 is 26.2 Å². The van der Waals surface area contributed by atoms with Crippen LogP contribution in [0.5, 0.6) is 0 Å². The largest absolute Gasteiger partial charge is 2.00 e.